The third-order valence-corrected chi connectivity index (χ3v) is 5.78. The molecular formula is C29H30N4O5. The molecule has 0 bridgehead atoms. The monoisotopic (exact) mass is 514 g/mol. The van der Waals surface area contributed by atoms with Crippen molar-refractivity contribution in [2.45, 2.75) is 20.0 Å². The highest BCUT2D eigenvalue weighted by molar-refractivity contribution is 6.11. The Bertz CT molecular complexity index is 1400. The topological polar surface area (TPSA) is 166 Å². The number of nitrogens with one attached hydrogen (secondary N) is 3. The van der Waals surface area contributed by atoms with Crippen LogP contribution in [0.15, 0.2) is 73.3 Å². The van der Waals surface area contributed by atoms with Gasteiger partial charge < -0.3 is 26.6 Å². The molecular weight excluding hydrogens is 484 g/mol. The van der Waals surface area contributed by atoms with E-state index in [0.29, 0.717) is 28.9 Å². The fraction of sp³-hybridized carbons (Fsp3) is 0.172. The van der Waals surface area contributed by atoms with Crippen molar-refractivity contribution in [2.75, 3.05) is 11.9 Å². The molecule has 196 valence electrons. The van der Waals surface area contributed by atoms with Crippen LogP contribution in [0.25, 0.3) is 11.1 Å². The van der Waals surface area contributed by atoms with Gasteiger partial charge in [0.05, 0.1) is 11.7 Å². The number of carboxylic acids is 1. The van der Waals surface area contributed by atoms with Crippen LogP contribution in [-0.2, 0) is 0 Å². The lowest BCUT2D eigenvalue weighted by molar-refractivity contribution is 0.0697. The Morgan fingerprint density at radius 3 is 2.13 bits per heavy atom. The molecule has 9 nitrogen and oxygen atoms in total. The van der Waals surface area contributed by atoms with E-state index in [1.165, 1.54) is 30.3 Å². The van der Waals surface area contributed by atoms with E-state index >= 15 is 0 Å². The number of aromatic carboxylic acids is 1. The molecule has 38 heavy (non-hydrogen) atoms. The number of aliphatic hydroxyl groups excluding tert-OH is 1. The number of amides is 2. The van der Waals surface area contributed by atoms with E-state index in [1.807, 2.05) is 13.8 Å². The minimum absolute atomic E-state index is 0.110. The van der Waals surface area contributed by atoms with Gasteiger partial charge in [0, 0.05) is 28.9 Å². The van der Waals surface area contributed by atoms with Crippen LogP contribution >= 0.6 is 0 Å². The highest BCUT2D eigenvalue weighted by atomic mass is 16.4. The molecule has 0 saturated carbocycles. The van der Waals surface area contributed by atoms with Gasteiger partial charge in [-0.3, -0.25) is 15.0 Å². The first-order chi connectivity index (χ1) is 18.0. The standard InChI is InChI=1S/C29H30N4O5/c1-4-25(34)18-7-11-21(23(13-18)28(36)33-20-9-5-17(6-10-20)26(30)31)22-12-8-19(14-24(22)29(37)38)27(35)32-15-16(2)3/h4-14,16,25,34H,1,15H2,2-3H3,(H3,30,31)(H,32,35)(H,33,36)(H,37,38). The molecule has 0 saturated heterocycles. The van der Waals surface area contributed by atoms with Gasteiger partial charge in [0.2, 0.25) is 0 Å². The molecule has 0 radical (unpaired) electrons. The predicted octanol–water partition coefficient (Wildman–Crippen LogP) is 4.19. The highest BCUT2D eigenvalue weighted by Gasteiger charge is 2.22. The largest absolute Gasteiger partial charge is 0.478 e. The number of rotatable bonds is 10. The van der Waals surface area contributed by atoms with E-state index in [9.17, 15) is 24.6 Å². The summed E-state index contributed by atoms with van der Waals surface area (Å²) in [5.74, 6) is -2.10. The van der Waals surface area contributed by atoms with Crippen LogP contribution < -0.4 is 16.4 Å². The predicted molar refractivity (Wildman–Crippen MR) is 147 cm³/mol. The minimum Gasteiger partial charge on any atom is -0.478 e. The van der Waals surface area contributed by atoms with Gasteiger partial charge in [0.15, 0.2) is 0 Å². The Kier molecular flexibility index (Phi) is 8.77. The van der Waals surface area contributed by atoms with Crippen molar-refractivity contribution in [1.82, 2.24) is 5.32 Å². The van der Waals surface area contributed by atoms with Gasteiger partial charge in [-0.25, -0.2) is 4.79 Å². The maximum atomic E-state index is 13.4. The average Bonchev–Trinajstić information content (AvgIpc) is 2.90. The van der Waals surface area contributed by atoms with Crippen molar-refractivity contribution in [1.29, 1.82) is 5.41 Å². The van der Waals surface area contributed by atoms with Gasteiger partial charge in [-0.2, -0.15) is 0 Å². The van der Waals surface area contributed by atoms with Crippen molar-refractivity contribution in [3.8, 4) is 11.1 Å². The molecule has 2 amide bonds. The van der Waals surface area contributed by atoms with Crippen LogP contribution in [0.1, 0.15) is 62.2 Å². The van der Waals surface area contributed by atoms with Gasteiger partial charge in [-0.05, 0) is 65.1 Å². The molecule has 3 aromatic rings. The second-order valence-corrected chi connectivity index (χ2v) is 9.10. The zero-order chi connectivity index (χ0) is 28.0. The third-order valence-electron chi connectivity index (χ3n) is 5.78. The number of nitrogen functional groups attached to an aromatic ring is 1. The smallest absolute Gasteiger partial charge is 0.336 e. The number of hydrogen-bond acceptors (Lipinski definition) is 5. The number of amidine groups is 1. The summed E-state index contributed by atoms with van der Waals surface area (Å²) < 4.78 is 0. The first-order valence-corrected chi connectivity index (χ1v) is 11.9. The van der Waals surface area contributed by atoms with Gasteiger partial charge in [0.25, 0.3) is 11.8 Å². The van der Waals surface area contributed by atoms with Gasteiger partial charge >= 0.3 is 5.97 Å². The fourth-order valence-corrected chi connectivity index (χ4v) is 3.73. The molecule has 3 rings (SSSR count). The summed E-state index contributed by atoms with van der Waals surface area (Å²) >= 11 is 0. The number of hydrogen-bond donors (Lipinski definition) is 6. The number of carbonyl (C=O) groups is 3. The molecule has 0 aliphatic carbocycles. The van der Waals surface area contributed by atoms with Crippen molar-refractivity contribution >= 4 is 29.3 Å². The maximum absolute atomic E-state index is 13.4. The molecule has 1 unspecified atom stereocenters. The molecule has 0 fully saturated rings. The van der Waals surface area contributed by atoms with Crippen LogP contribution in [0.5, 0.6) is 0 Å². The molecule has 0 heterocycles. The maximum Gasteiger partial charge on any atom is 0.336 e. The first kappa shape index (κ1) is 27.8. The molecule has 1 atom stereocenters. The van der Waals surface area contributed by atoms with Gasteiger partial charge in [-0.1, -0.05) is 38.1 Å². The summed E-state index contributed by atoms with van der Waals surface area (Å²) in [6.45, 7) is 7.91. The second kappa shape index (κ2) is 12.0. The normalized spacial score (nSPS) is 11.5. The van der Waals surface area contributed by atoms with Gasteiger partial charge in [0.1, 0.15) is 5.84 Å². The summed E-state index contributed by atoms with van der Waals surface area (Å²) in [7, 11) is 0. The van der Waals surface area contributed by atoms with E-state index in [1.54, 1.807) is 36.4 Å². The molecule has 0 aliphatic rings. The van der Waals surface area contributed by atoms with Crippen LogP contribution in [-0.4, -0.2) is 40.4 Å². The highest BCUT2D eigenvalue weighted by Crippen LogP contribution is 2.31. The molecule has 9 heteroatoms. The Morgan fingerprint density at radius 2 is 1.55 bits per heavy atom. The van der Waals surface area contributed by atoms with E-state index in [-0.39, 0.29) is 34.0 Å². The first-order valence-electron chi connectivity index (χ1n) is 11.9. The van der Waals surface area contributed by atoms with Crippen LogP contribution in [0, 0.1) is 11.3 Å². The molecule has 0 spiro atoms. The van der Waals surface area contributed by atoms with Crippen LogP contribution in [0.2, 0.25) is 0 Å². The fourth-order valence-electron chi connectivity index (χ4n) is 3.73. The average molecular weight is 515 g/mol. The Labute approximate surface area is 220 Å². The SMILES string of the molecule is C=CC(O)c1ccc(-c2ccc(C(=O)NCC(C)C)cc2C(=O)O)c(C(=O)Nc2ccc(C(=N)N)cc2)c1. The van der Waals surface area contributed by atoms with Crippen molar-refractivity contribution in [2.24, 2.45) is 11.7 Å². The minimum atomic E-state index is -1.26. The second-order valence-electron chi connectivity index (χ2n) is 9.10. The van der Waals surface area contributed by atoms with E-state index < -0.39 is 23.9 Å². The van der Waals surface area contributed by atoms with Crippen molar-refractivity contribution < 1.29 is 24.6 Å². The zero-order valence-corrected chi connectivity index (χ0v) is 21.1. The van der Waals surface area contributed by atoms with Crippen LogP contribution in [0.4, 0.5) is 5.69 Å². The number of anilines is 1. The summed E-state index contributed by atoms with van der Waals surface area (Å²) in [4.78, 5) is 38.1. The van der Waals surface area contributed by atoms with Crippen molar-refractivity contribution in [3.63, 3.8) is 0 Å². The number of nitrogens with two attached hydrogens (primary N) is 1. The quantitative estimate of drug-likeness (QED) is 0.135. The lowest BCUT2D eigenvalue weighted by atomic mass is 9.91. The Balaban J connectivity index is 2.08. The van der Waals surface area contributed by atoms with E-state index in [2.05, 4.69) is 17.2 Å². The van der Waals surface area contributed by atoms with Crippen molar-refractivity contribution in [3.05, 3.63) is 101 Å². The summed E-state index contributed by atoms with van der Waals surface area (Å²) in [5, 5.41) is 33.3. The van der Waals surface area contributed by atoms with E-state index in [4.69, 9.17) is 11.1 Å². The lowest BCUT2D eigenvalue weighted by Gasteiger charge is -2.16. The number of carboxylic acid groups (broad SMARTS) is 1. The molecule has 0 aromatic heterocycles. The Morgan fingerprint density at radius 1 is 0.947 bits per heavy atom. The molecule has 0 aliphatic heterocycles. The third kappa shape index (κ3) is 6.51. The Hall–Kier alpha value is -4.76. The lowest BCUT2D eigenvalue weighted by Crippen LogP contribution is -2.27. The summed E-state index contributed by atoms with van der Waals surface area (Å²) in [6.07, 6.45) is 0.265. The summed E-state index contributed by atoms with van der Waals surface area (Å²) in [5.41, 5.74) is 7.47. The van der Waals surface area contributed by atoms with Gasteiger partial charge in [-0.15, -0.1) is 6.58 Å². The molecule has 3 aromatic carbocycles. The zero-order valence-electron chi connectivity index (χ0n) is 21.1. The molecule has 7 N–H and O–H groups in total. The number of aliphatic hydroxyl groups is 1. The van der Waals surface area contributed by atoms with E-state index in [0.717, 1.165) is 0 Å². The number of carbonyl (C=O) groups excluding carboxylic acids is 2. The summed E-state index contributed by atoms with van der Waals surface area (Å²) in [6, 6.07) is 15.2. The number of benzene rings is 3. The van der Waals surface area contributed by atoms with Crippen LogP contribution in [0.3, 0.4) is 0 Å².